The SMILES string of the molecule is CCc1ccc(NC(=O)CCNc2cc(C(=O)OC)ccc2Cl)cc1. The number of carbonyl (C=O) groups excluding carboxylic acids is 2. The summed E-state index contributed by atoms with van der Waals surface area (Å²) in [7, 11) is 1.32. The van der Waals surface area contributed by atoms with Crippen molar-refractivity contribution in [3.63, 3.8) is 0 Å². The fraction of sp³-hybridized carbons (Fsp3) is 0.263. The molecule has 0 atom stereocenters. The molecule has 0 fully saturated rings. The number of nitrogens with one attached hydrogen (secondary N) is 2. The number of amides is 1. The third kappa shape index (κ3) is 5.50. The topological polar surface area (TPSA) is 67.4 Å². The van der Waals surface area contributed by atoms with Crippen molar-refractivity contribution >= 4 is 34.9 Å². The van der Waals surface area contributed by atoms with Crippen LogP contribution in [-0.4, -0.2) is 25.5 Å². The van der Waals surface area contributed by atoms with Gasteiger partial charge in [0, 0.05) is 18.7 Å². The Hall–Kier alpha value is -2.53. The number of aryl methyl sites for hydroxylation is 1. The molecule has 0 spiro atoms. The van der Waals surface area contributed by atoms with Crippen LogP contribution in [0.5, 0.6) is 0 Å². The number of rotatable bonds is 7. The van der Waals surface area contributed by atoms with Crippen molar-refractivity contribution < 1.29 is 14.3 Å². The van der Waals surface area contributed by atoms with Gasteiger partial charge in [-0.15, -0.1) is 0 Å². The van der Waals surface area contributed by atoms with Gasteiger partial charge in [0.1, 0.15) is 0 Å². The van der Waals surface area contributed by atoms with E-state index < -0.39 is 5.97 Å². The molecule has 0 saturated carbocycles. The minimum atomic E-state index is -0.437. The van der Waals surface area contributed by atoms with Crippen molar-refractivity contribution in [1.82, 2.24) is 0 Å². The van der Waals surface area contributed by atoms with Gasteiger partial charge < -0.3 is 15.4 Å². The number of carbonyl (C=O) groups is 2. The largest absolute Gasteiger partial charge is 0.465 e. The number of halogens is 1. The summed E-state index contributed by atoms with van der Waals surface area (Å²) in [5.41, 5.74) is 2.98. The maximum Gasteiger partial charge on any atom is 0.337 e. The van der Waals surface area contributed by atoms with Crippen molar-refractivity contribution in [2.75, 3.05) is 24.3 Å². The van der Waals surface area contributed by atoms with Crippen LogP contribution in [0.25, 0.3) is 0 Å². The lowest BCUT2D eigenvalue weighted by Crippen LogP contribution is -2.16. The highest BCUT2D eigenvalue weighted by Crippen LogP contribution is 2.23. The molecule has 2 aromatic rings. The summed E-state index contributed by atoms with van der Waals surface area (Å²) < 4.78 is 4.68. The van der Waals surface area contributed by atoms with Crippen molar-refractivity contribution in [3.05, 3.63) is 58.6 Å². The van der Waals surface area contributed by atoms with Gasteiger partial charge in [-0.25, -0.2) is 4.79 Å². The van der Waals surface area contributed by atoms with Crippen LogP contribution in [0.4, 0.5) is 11.4 Å². The Labute approximate surface area is 152 Å². The van der Waals surface area contributed by atoms with Crippen molar-refractivity contribution in [2.45, 2.75) is 19.8 Å². The van der Waals surface area contributed by atoms with Crippen LogP contribution in [0, 0.1) is 0 Å². The summed E-state index contributed by atoms with van der Waals surface area (Å²) in [6, 6.07) is 12.6. The fourth-order valence-electron chi connectivity index (χ4n) is 2.26. The normalized spacial score (nSPS) is 10.2. The molecule has 0 radical (unpaired) electrons. The third-order valence-corrected chi connectivity index (χ3v) is 4.03. The molecular weight excluding hydrogens is 340 g/mol. The predicted molar refractivity (Wildman–Crippen MR) is 100 cm³/mol. The Morgan fingerprint density at radius 2 is 1.84 bits per heavy atom. The van der Waals surface area contributed by atoms with E-state index in [2.05, 4.69) is 22.3 Å². The maximum atomic E-state index is 12.0. The second-order valence-corrected chi connectivity index (χ2v) is 5.87. The van der Waals surface area contributed by atoms with Gasteiger partial charge in [-0.2, -0.15) is 0 Å². The number of esters is 1. The summed E-state index contributed by atoms with van der Waals surface area (Å²) in [6.45, 7) is 2.48. The number of ether oxygens (including phenoxy) is 1. The van der Waals surface area contributed by atoms with E-state index in [9.17, 15) is 9.59 Å². The standard InChI is InChI=1S/C19H21ClN2O3/c1-3-13-4-7-15(8-5-13)22-18(23)10-11-21-17-12-14(19(24)25-2)6-9-16(17)20/h4-9,12,21H,3,10-11H2,1-2H3,(H,22,23). The number of hydrogen-bond donors (Lipinski definition) is 2. The number of hydrogen-bond acceptors (Lipinski definition) is 4. The second kappa shape index (κ2) is 9.08. The summed E-state index contributed by atoms with van der Waals surface area (Å²) in [4.78, 5) is 23.6. The predicted octanol–water partition coefficient (Wildman–Crippen LogP) is 4.13. The molecule has 0 unspecified atom stereocenters. The molecule has 1 amide bonds. The van der Waals surface area contributed by atoms with Crippen LogP contribution in [0.15, 0.2) is 42.5 Å². The first-order chi connectivity index (χ1) is 12.0. The second-order valence-electron chi connectivity index (χ2n) is 5.46. The molecule has 2 N–H and O–H groups in total. The van der Waals surface area contributed by atoms with Crippen molar-refractivity contribution in [2.24, 2.45) is 0 Å². The quantitative estimate of drug-likeness (QED) is 0.728. The smallest absolute Gasteiger partial charge is 0.337 e. The highest BCUT2D eigenvalue weighted by atomic mass is 35.5. The maximum absolute atomic E-state index is 12.0. The minimum absolute atomic E-state index is 0.100. The van der Waals surface area contributed by atoms with E-state index in [4.69, 9.17) is 11.6 Å². The number of methoxy groups -OCH3 is 1. The van der Waals surface area contributed by atoms with E-state index in [1.54, 1.807) is 18.2 Å². The highest BCUT2D eigenvalue weighted by Gasteiger charge is 2.09. The van der Waals surface area contributed by atoms with Gasteiger partial charge in [0.2, 0.25) is 5.91 Å². The molecule has 6 heteroatoms. The number of anilines is 2. The van der Waals surface area contributed by atoms with Crippen LogP contribution in [0.2, 0.25) is 5.02 Å². The van der Waals surface area contributed by atoms with Gasteiger partial charge in [0.05, 0.1) is 23.4 Å². The average Bonchev–Trinajstić information content (AvgIpc) is 2.63. The molecular formula is C19H21ClN2O3. The molecule has 0 heterocycles. The molecule has 0 aromatic heterocycles. The van der Waals surface area contributed by atoms with E-state index in [0.717, 1.165) is 12.1 Å². The van der Waals surface area contributed by atoms with Crippen LogP contribution in [-0.2, 0) is 16.0 Å². The van der Waals surface area contributed by atoms with E-state index in [1.807, 2.05) is 24.3 Å². The first kappa shape index (κ1) is 18.8. The van der Waals surface area contributed by atoms with Crippen LogP contribution in [0.3, 0.4) is 0 Å². The Kier molecular flexibility index (Phi) is 6.83. The van der Waals surface area contributed by atoms with Gasteiger partial charge in [-0.3, -0.25) is 4.79 Å². The minimum Gasteiger partial charge on any atom is -0.465 e. The molecule has 2 aromatic carbocycles. The Morgan fingerprint density at radius 3 is 2.48 bits per heavy atom. The third-order valence-electron chi connectivity index (χ3n) is 3.70. The monoisotopic (exact) mass is 360 g/mol. The molecule has 0 aliphatic rings. The summed E-state index contributed by atoms with van der Waals surface area (Å²) in [5, 5.41) is 6.39. The van der Waals surface area contributed by atoms with E-state index in [1.165, 1.54) is 12.7 Å². The van der Waals surface area contributed by atoms with Gasteiger partial charge in [-0.05, 0) is 42.3 Å². The zero-order chi connectivity index (χ0) is 18.2. The lowest BCUT2D eigenvalue weighted by atomic mass is 10.1. The molecule has 2 rings (SSSR count). The Bertz CT molecular complexity index is 745. The zero-order valence-electron chi connectivity index (χ0n) is 14.3. The highest BCUT2D eigenvalue weighted by molar-refractivity contribution is 6.33. The molecule has 0 aliphatic carbocycles. The summed E-state index contributed by atoms with van der Waals surface area (Å²) >= 11 is 6.10. The van der Waals surface area contributed by atoms with E-state index in [-0.39, 0.29) is 12.3 Å². The first-order valence-corrected chi connectivity index (χ1v) is 8.41. The van der Waals surface area contributed by atoms with E-state index >= 15 is 0 Å². The van der Waals surface area contributed by atoms with Crippen LogP contribution < -0.4 is 10.6 Å². The number of benzene rings is 2. The fourth-order valence-corrected chi connectivity index (χ4v) is 2.45. The summed E-state index contributed by atoms with van der Waals surface area (Å²) in [5.74, 6) is -0.537. The Balaban J connectivity index is 1.87. The average molecular weight is 361 g/mol. The molecule has 0 aliphatic heterocycles. The van der Waals surface area contributed by atoms with Gasteiger partial charge >= 0.3 is 5.97 Å². The van der Waals surface area contributed by atoms with Crippen molar-refractivity contribution in [3.8, 4) is 0 Å². The van der Waals surface area contributed by atoms with Crippen LogP contribution in [0.1, 0.15) is 29.3 Å². The van der Waals surface area contributed by atoms with Crippen molar-refractivity contribution in [1.29, 1.82) is 0 Å². The zero-order valence-corrected chi connectivity index (χ0v) is 15.0. The molecule has 0 bridgehead atoms. The van der Waals surface area contributed by atoms with E-state index in [0.29, 0.717) is 22.8 Å². The van der Waals surface area contributed by atoms with Crippen LogP contribution >= 0.6 is 11.6 Å². The molecule has 132 valence electrons. The lowest BCUT2D eigenvalue weighted by Gasteiger charge is -2.10. The molecule has 0 saturated heterocycles. The lowest BCUT2D eigenvalue weighted by molar-refractivity contribution is -0.115. The summed E-state index contributed by atoms with van der Waals surface area (Å²) in [6.07, 6.45) is 1.23. The molecule has 25 heavy (non-hydrogen) atoms. The van der Waals surface area contributed by atoms with Gasteiger partial charge in [-0.1, -0.05) is 30.7 Å². The molecule has 5 nitrogen and oxygen atoms in total. The Morgan fingerprint density at radius 1 is 1.12 bits per heavy atom. The first-order valence-electron chi connectivity index (χ1n) is 8.04. The van der Waals surface area contributed by atoms with Gasteiger partial charge in [0.25, 0.3) is 0 Å². The van der Waals surface area contributed by atoms with Gasteiger partial charge in [0.15, 0.2) is 0 Å².